The number of aliphatic carboxylic acids is 1. The van der Waals surface area contributed by atoms with Crippen LogP contribution in [0.1, 0.15) is 134 Å². The molecule has 0 bridgehead atoms. The first kappa shape index (κ1) is 38.2. The van der Waals surface area contributed by atoms with Crippen LogP contribution in [0.15, 0.2) is 17.1 Å². The van der Waals surface area contributed by atoms with Crippen molar-refractivity contribution in [3.8, 4) is 0 Å². The van der Waals surface area contributed by atoms with Crippen molar-refractivity contribution in [1.29, 1.82) is 0 Å². The van der Waals surface area contributed by atoms with Crippen LogP contribution >= 0.6 is 0 Å². The van der Waals surface area contributed by atoms with E-state index in [0.717, 1.165) is 25.1 Å². The molecule has 254 valence electrons. The van der Waals surface area contributed by atoms with Gasteiger partial charge in [0.05, 0.1) is 10.9 Å². The number of piperazine rings is 1. The third kappa shape index (κ3) is 12.7. The van der Waals surface area contributed by atoms with E-state index in [1.54, 1.807) is 11.8 Å². The number of nitrogens with zero attached hydrogens (tertiary/aromatic N) is 2. The summed E-state index contributed by atoms with van der Waals surface area (Å²) >= 11 is 0. The molecule has 1 aromatic carbocycles. The summed E-state index contributed by atoms with van der Waals surface area (Å²) in [6.45, 7) is 7.60. The molecule has 0 aliphatic carbocycles. The third-order valence-corrected chi connectivity index (χ3v) is 8.48. The Balaban J connectivity index is 0.000000324. The molecule has 0 radical (unpaired) electrons. The fraction of sp³-hybridized carbons (Fsp3) is 0.686. The summed E-state index contributed by atoms with van der Waals surface area (Å²) in [5.74, 6) is -3.77. The lowest BCUT2D eigenvalue weighted by Crippen LogP contribution is -2.49. The third-order valence-electron chi connectivity index (χ3n) is 8.48. The van der Waals surface area contributed by atoms with Crippen LogP contribution in [0.2, 0.25) is 0 Å². The summed E-state index contributed by atoms with van der Waals surface area (Å²) in [7, 11) is 0. The highest BCUT2D eigenvalue weighted by Gasteiger charge is 2.27. The summed E-state index contributed by atoms with van der Waals surface area (Å²) in [4.78, 5) is 35.5. The van der Waals surface area contributed by atoms with Gasteiger partial charge in [0.1, 0.15) is 17.1 Å². The number of aryl methyl sites for hydroxylation is 1. The fourth-order valence-electron chi connectivity index (χ4n) is 5.95. The van der Waals surface area contributed by atoms with Gasteiger partial charge < -0.3 is 25.0 Å². The Labute approximate surface area is 267 Å². The Bertz CT molecular complexity index is 1270. The number of rotatable bonds is 19. The molecule has 1 atom stereocenters. The van der Waals surface area contributed by atoms with E-state index < -0.39 is 34.6 Å². The van der Waals surface area contributed by atoms with E-state index in [1.165, 1.54) is 88.0 Å². The summed E-state index contributed by atoms with van der Waals surface area (Å²) in [6.07, 6.45) is 21.3. The molecule has 1 aromatic heterocycles. The second-order valence-electron chi connectivity index (χ2n) is 12.3. The van der Waals surface area contributed by atoms with E-state index in [0.29, 0.717) is 26.1 Å². The Morgan fingerprint density at radius 3 is 1.89 bits per heavy atom. The number of fused-ring (bicyclic) bond motifs is 1. The molecule has 10 heteroatoms. The molecule has 1 saturated heterocycles. The SMILES string of the molecule is CCCCCCCCCCCCCCCCCC(=O)O.CCn1cc(C(=O)O)c(=O)c2cc(F)c(N3CCNC(C)C3)c(F)c21. The topological polar surface area (TPSA) is 112 Å². The summed E-state index contributed by atoms with van der Waals surface area (Å²) in [5.41, 5.74) is -1.63. The Kier molecular flexibility index (Phi) is 17.7. The van der Waals surface area contributed by atoms with Crippen molar-refractivity contribution in [2.24, 2.45) is 0 Å². The van der Waals surface area contributed by atoms with Crippen LogP contribution in [0.25, 0.3) is 10.9 Å². The molecular weight excluding hydrogens is 580 g/mol. The van der Waals surface area contributed by atoms with E-state index in [9.17, 15) is 18.8 Å². The van der Waals surface area contributed by atoms with Gasteiger partial charge in [0.25, 0.3) is 0 Å². The van der Waals surface area contributed by atoms with Gasteiger partial charge in [-0.05, 0) is 26.3 Å². The quantitative estimate of drug-likeness (QED) is 0.134. The first-order valence-corrected chi connectivity index (χ1v) is 17.1. The number of aromatic nitrogens is 1. The van der Waals surface area contributed by atoms with E-state index in [-0.39, 0.29) is 29.2 Å². The minimum atomic E-state index is -1.42. The first-order chi connectivity index (χ1) is 21.6. The van der Waals surface area contributed by atoms with E-state index in [4.69, 9.17) is 10.2 Å². The van der Waals surface area contributed by atoms with E-state index >= 15 is 4.39 Å². The second-order valence-corrected chi connectivity index (χ2v) is 12.3. The number of unbranched alkanes of at least 4 members (excludes halogenated alkanes) is 14. The number of hydrogen-bond acceptors (Lipinski definition) is 5. The van der Waals surface area contributed by atoms with Crippen LogP contribution in [0.4, 0.5) is 14.5 Å². The zero-order valence-electron chi connectivity index (χ0n) is 27.6. The lowest BCUT2D eigenvalue weighted by molar-refractivity contribution is -0.137. The number of carboxylic acids is 2. The molecule has 1 fully saturated rings. The van der Waals surface area contributed by atoms with Gasteiger partial charge in [0.2, 0.25) is 5.43 Å². The van der Waals surface area contributed by atoms with Gasteiger partial charge in [-0.25, -0.2) is 13.6 Å². The van der Waals surface area contributed by atoms with Gasteiger partial charge in [0.15, 0.2) is 5.82 Å². The molecule has 2 heterocycles. The van der Waals surface area contributed by atoms with Crippen molar-refractivity contribution < 1.29 is 28.6 Å². The molecule has 3 rings (SSSR count). The van der Waals surface area contributed by atoms with Crippen molar-refractivity contribution in [2.45, 2.75) is 136 Å². The van der Waals surface area contributed by atoms with Crippen LogP contribution in [0.3, 0.4) is 0 Å². The number of hydrogen-bond donors (Lipinski definition) is 3. The number of carboxylic acid groups (broad SMARTS) is 2. The molecule has 45 heavy (non-hydrogen) atoms. The van der Waals surface area contributed by atoms with Gasteiger partial charge in [-0.2, -0.15) is 0 Å². The number of benzene rings is 1. The van der Waals surface area contributed by atoms with Crippen LogP contribution in [0, 0.1) is 11.6 Å². The van der Waals surface area contributed by atoms with Gasteiger partial charge in [-0.15, -0.1) is 0 Å². The number of pyridine rings is 1. The van der Waals surface area contributed by atoms with Gasteiger partial charge >= 0.3 is 11.9 Å². The average molecular weight is 636 g/mol. The maximum Gasteiger partial charge on any atom is 0.341 e. The molecule has 8 nitrogen and oxygen atoms in total. The van der Waals surface area contributed by atoms with Crippen molar-refractivity contribution in [3.63, 3.8) is 0 Å². The molecule has 0 spiro atoms. The zero-order valence-corrected chi connectivity index (χ0v) is 27.6. The molecule has 1 aliphatic rings. The predicted octanol–water partition coefficient (Wildman–Crippen LogP) is 8.13. The van der Waals surface area contributed by atoms with Crippen molar-refractivity contribution >= 4 is 28.5 Å². The number of nitrogens with one attached hydrogen (secondary N) is 1. The average Bonchev–Trinajstić information content (AvgIpc) is 2.99. The standard InChI is InChI=1S/C18H36O2.C17H19F2N3O3/c1-2-3-4-5-6-7-8-9-10-11-12-13-14-15-16-17-18(19)20;1-3-21-8-11(17(24)25)16(23)10-6-12(18)15(13(19)14(10)21)22-5-4-20-9(2)7-22/h2-17H2,1H3,(H,19,20);6,8-9,20H,3-5,7H2,1-2H3,(H,24,25). The molecule has 0 saturated carbocycles. The van der Waals surface area contributed by atoms with E-state index in [1.807, 2.05) is 6.92 Å². The Hall–Kier alpha value is -3.01. The number of halogens is 2. The predicted molar refractivity (Wildman–Crippen MR) is 178 cm³/mol. The highest BCUT2D eigenvalue weighted by Crippen LogP contribution is 2.30. The van der Waals surface area contributed by atoms with Crippen LogP contribution in [0.5, 0.6) is 0 Å². The van der Waals surface area contributed by atoms with Crippen molar-refractivity contribution in [3.05, 3.63) is 39.7 Å². The highest BCUT2D eigenvalue weighted by atomic mass is 19.1. The van der Waals surface area contributed by atoms with Crippen LogP contribution in [-0.4, -0.2) is 52.4 Å². The molecule has 1 unspecified atom stereocenters. The largest absolute Gasteiger partial charge is 0.481 e. The maximum atomic E-state index is 15.2. The number of anilines is 1. The highest BCUT2D eigenvalue weighted by molar-refractivity contribution is 5.93. The van der Waals surface area contributed by atoms with Crippen molar-refractivity contribution in [1.82, 2.24) is 9.88 Å². The number of aromatic carboxylic acids is 1. The maximum absolute atomic E-state index is 15.2. The zero-order chi connectivity index (χ0) is 33.2. The van der Waals surface area contributed by atoms with Crippen molar-refractivity contribution in [2.75, 3.05) is 24.5 Å². The smallest absolute Gasteiger partial charge is 0.341 e. The first-order valence-electron chi connectivity index (χ1n) is 17.1. The summed E-state index contributed by atoms with van der Waals surface area (Å²) in [5, 5.41) is 20.6. The minimum Gasteiger partial charge on any atom is -0.481 e. The lowest BCUT2D eigenvalue weighted by Gasteiger charge is -2.34. The summed E-state index contributed by atoms with van der Waals surface area (Å²) in [6, 6.07) is 1.02. The van der Waals surface area contributed by atoms with E-state index in [2.05, 4.69) is 12.2 Å². The number of carbonyl (C=O) groups is 2. The molecular formula is C35H55F2N3O5. The minimum absolute atomic E-state index is 0.0694. The Morgan fingerprint density at radius 2 is 1.42 bits per heavy atom. The van der Waals surface area contributed by atoms with Gasteiger partial charge in [0, 0.05) is 44.8 Å². The fourth-order valence-corrected chi connectivity index (χ4v) is 5.95. The lowest BCUT2D eigenvalue weighted by atomic mass is 10.0. The van der Waals surface area contributed by atoms with Gasteiger partial charge in [-0.3, -0.25) is 9.59 Å². The molecule has 0 amide bonds. The normalized spacial score (nSPS) is 14.8. The Morgan fingerprint density at radius 1 is 0.889 bits per heavy atom. The van der Waals surface area contributed by atoms with Gasteiger partial charge in [-0.1, -0.05) is 96.8 Å². The second kappa shape index (κ2) is 20.9. The molecule has 2 aromatic rings. The van der Waals surface area contributed by atoms with Crippen LogP contribution < -0.4 is 15.6 Å². The summed E-state index contributed by atoms with van der Waals surface area (Å²) < 4.78 is 31.2. The monoisotopic (exact) mass is 635 g/mol. The van der Waals surface area contributed by atoms with Crippen LogP contribution in [-0.2, 0) is 11.3 Å². The molecule has 1 aliphatic heterocycles. The molecule has 3 N–H and O–H groups in total.